The molecule has 6 nitrogen and oxygen atoms in total. The summed E-state index contributed by atoms with van der Waals surface area (Å²) >= 11 is 0. The smallest absolute Gasteiger partial charge is 0.241 e. The summed E-state index contributed by atoms with van der Waals surface area (Å²) in [6.45, 7) is 4.28. The van der Waals surface area contributed by atoms with Gasteiger partial charge in [0.2, 0.25) is 5.91 Å². The van der Waals surface area contributed by atoms with E-state index in [0.29, 0.717) is 12.6 Å². The molecule has 0 spiro atoms. The molecule has 1 N–H and O–H groups in total. The molecule has 6 heteroatoms. The van der Waals surface area contributed by atoms with Gasteiger partial charge in [-0.25, -0.2) is 9.97 Å². The van der Waals surface area contributed by atoms with Crippen LogP contribution in [0.4, 0.5) is 11.6 Å². The summed E-state index contributed by atoms with van der Waals surface area (Å²) in [5.41, 5.74) is 0. The van der Waals surface area contributed by atoms with Crippen molar-refractivity contribution < 1.29 is 4.79 Å². The lowest BCUT2D eigenvalue weighted by atomic mass is 9.87. The molecule has 0 aromatic carbocycles. The van der Waals surface area contributed by atoms with Gasteiger partial charge in [-0.15, -0.1) is 0 Å². The molecule has 3 rings (SSSR count). The minimum Gasteiger partial charge on any atom is -0.367 e. The maximum atomic E-state index is 11.8. The Morgan fingerprint density at radius 3 is 2.68 bits per heavy atom. The molecule has 1 aromatic rings. The van der Waals surface area contributed by atoms with E-state index in [2.05, 4.69) is 22.2 Å². The first-order valence-corrected chi connectivity index (χ1v) is 8.19. The normalized spacial score (nSPS) is 26.2. The molecule has 1 aromatic heterocycles. The molecule has 1 aliphatic carbocycles. The Bertz CT molecular complexity index is 527. The molecule has 120 valence electrons. The lowest BCUT2D eigenvalue weighted by molar-refractivity contribution is -0.129. The van der Waals surface area contributed by atoms with Crippen LogP contribution >= 0.6 is 0 Å². The Labute approximate surface area is 131 Å². The fraction of sp³-hybridized carbons (Fsp3) is 0.688. The predicted octanol–water partition coefficient (Wildman–Crippen LogP) is 1.75. The van der Waals surface area contributed by atoms with Crippen LogP contribution < -0.4 is 10.2 Å². The van der Waals surface area contributed by atoms with Gasteiger partial charge in [0, 0.05) is 32.2 Å². The number of aromatic nitrogens is 2. The second kappa shape index (κ2) is 6.50. The summed E-state index contributed by atoms with van der Waals surface area (Å²) < 4.78 is 0. The average Bonchev–Trinajstić information content (AvgIpc) is 2.53. The summed E-state index contributed by atoms with van der Waals surface area (Å²) in [5.74, 6) is 2.69. The highest BCUT2D eigenvalue weighted by atomic mass is 16.2. The quantitative estimate of drug-likeness (QED) is 0.921. The Morgan fingerprint density at radius 1 is 1.18 bits per heavy atom. The Morgan fingerprint density at radius 2 is 1.95 bits per heavy atom. The number of piperazine rings is 1. The minimum atomic E-state index is 0.139. The summed E-state index contributed by atoms with van der Waals surface area (Å²) in [6, 6.07) is 2.48. The zero-order valence-electron chi connectivity index (χ0n) is 13.5. The standard InChI is InChI=1S/C16H25N5O/c1-12-3-5-13(6-4-12)19-14-9-15(18-11-17-14)21-8-7-20(2)16(22)10-21/h9,11-13H,3-8,10H2,1-2H3,(H,17,18,19). The first-order valence-electron chi connectivity index (χ1n) is 8.19. The van der Waals surface area contributed by atoms with Gasteiger partial charge in [0.05, 0.1) is 6.54 Å². The van der Waals surface area contributed by atoms with E-state index in [0.717, 1.165) is 30.6 Å². The van der Waals surface area contributed by atoms with Crippen LogP contribution in [0.25, 0.3) is 0 Å². The van der Waals surface area contributed by atoms with E-state index in [1.54, 1.807) is 11.2 Å². The maximum absolute atomic E-state index is 11.8. The third-order valence-corrected chi connectivity index (χ3v) is 4.80. The van der Waals surface area contributed by atoms with Crippen molar-refractivity contribution in [3.63, 3.8) is 0 Å². The molecule has 1 aliphatic heterocycles. The highest BCUT2D eigenvalue weighted by molar-refractivity contribution is 5.82. The summed E-state index contributed by atoms with van der Waals surface area (Å²) in [6.07, 6.45) is 6.55. The number of hydrogen-bond donors (Lipinski definition) is 1. The summed E-state index contributed by atoms with van der Waals surface area (Å²) in [7, 11) is 1.84. The van der Waals surface area contributed by atoms with E-state index in [1.165, 1.54) is 25.7 Å². The van der Waals surface area contributed by atoms with Crippen molar-refractivity contribution in [2.75, 3.05) is 36.9 Å². The fourth-order valence-electron chi connectivity index (χ4n) is 3.17. The van der Waals surface area contributed by atoms with Crippen LogP contribution in [-0.4, -0.2) is 53.5 Å². The van der Waals surface area contributed by atoms with Crippen LogP contribution in [0.1, 0.15) is 32.6 Å². The van der Waals surface area contributed by atoms with Crippen LogP contribution in [0.2, 0.25) is 0 Å². The first kappa shape index (κ1) is 15.1. The van der Waals surface area contributed by atoms with Gasteiger partial charge >= 0.3 is 0 Å². The molecule has 1 saturated heterocycles. The van der Waals surface area contributed by atoms with Gasteiger partial charge < -0.3 is 15.1 Å². The van der Waals surface area contributed by atoms with Gasteiger partial charge in [0.1, 0.15) is 18.0 Å². The molecule has 0 unspecified atom stereocenters. The lowest BCUT2D eigenvalue weighted by Gasteiger charge is -2.33. The van der Waals surface area contributed by atoms with Gasteiger partial charge in [0.15, 0.2) is 0 Å². The topological polar surface area (TPSA) is 61.4 Å². The van der Waals surface area contributed by atoms with Crippen LogP contribution in [0.15, 0.2) is 12.4 Å². The summed E-state index contributed by atoms with van der Waals surface area (Å²) in [4.78, 5) is 24.3. The molecule has 0 radical (unpaired) electrons. The number of nitrogens with zero attached hydrogens (tertiary/aromatic N) is 4. The predicted molar refractivity (Wildman–Crippen MR) is 86.9 cm³/mol. The van der Waals surface area contributed by atoms with E-state index in [9.17, 15) is 4.79 Å². The largest absolute Gasteiger partial charge is 0.367 e. The molecule has 0 bridgehead atoms. The van der Waals surface area contributed by atoms with Crippen molar-refractivity contribution in [3.05, 3.63) is 12.4 Å². The van der Waals surface area contributed by atoms with Crippen LogP contribution in [-0.2, 0) is 4.79 Å². The van der Waals surface area contributed by atoms with E-state index >= 15 is 0 Å². The molecule has 2 aliphatic rings. The second-order valence-electron chi connectivity index (χ2n) is 6.60. The number of carbonyl (C=O) groups is 1. The van der Waals surface area contributed by atoms with Crippen molar-refractivity contribution in [2.24, 2.45) is 5.92 Å². The van der Waals surface area contributed by atoms with Gasteiger partial charge in [-0.1, -0.05) is 6.92 Å². The Hall–Kier alpha value is -1.85. The zero-order chi connectivity index (χ0) is 15.5. The second-order valence-corrected chi connectivity index (χ2v) is 6.60. The van der Waals surface area contributed by atoms with Gasteiger partial charge in [0.25, 0.3) is 0 Å². The zero-order valence-corrected chi connectivity index (χ0v) is 13.5. The van der Waals surface area contributed by atoms with Crippen molar-refractivity contribution in [1.82, 2.24) is 14.9 Å². The maximum Gasteiger partial charge on any atom is 0.241 e. The number of rotatable bonds is 3. The van der Waals surface area contributed by atoms with Gasteiger partial charge in [-0.2, -0.15) is 0 Å². The SMILES string of the molecule is CC1CCC(Nc2cc(N3CCN(C)C(=O)C3)ncn2)CC1. The highest BCUT2D eigenvalue weighted by Gasteiger charge is 2.23. The highest BCUT2D eigenvalue weighted by Crippen LogP contribution is 2.26. The van der Waals surface area contributed by atoms with Crippen LogP contribution in [0.3, 0.4) is 0 Å². The number of likely N-dealkylation sites (N-methyl/N-ethyl adjacent to an activating group) is 1. The van der Waals surface area contributed by atoms with Crippen LogP contribution in [0.5, 0.6) is 0 Å². The number of anilines is 2. The fourth-order valence-corrected chi connectivity index (χ4v) is 3.17. The molecule has 2 heterocycles. The molecule has 1 amide bonds. The minimum absolute atomic E-state index is 0.139. The number of hydrogen-bond acceptors (Lipinski definition) is 5. The number of nitrogens with one attached hydrogen (secondary N) is 1. The van der Waals surface area contributed by atoms with E-state index in [4.69, 9.17) is 0 Å². The third kappa shape index (κ3) is 3.48. The van der Waals surface area contributed by atoms with Crippen molar-refractivity contribution in [2.45, 2.75) is 38.6 Å². The third-order valence-electron chi connectivity index (χ3n) is 4.80. The van der Waals surface area contributed by atoms with Crippen molar-refractivity contribution >= 4 is 17.5 Å². The summed E-state index contributed by atoms with van der Waals surface area (Å²) in [5, 5.41) is 3.53. The molecule has 22 heavy (non-hydrogen) atoms. The first-order chi connectivity index (χ1) is 10.6. The molecule has 2 fully saturated rings. The average molecular weight is 303 g/mol. The van der Waals surface area contributed by atoms with E-state index in [1.807, 2.05) is 18.0 Å². The monoisotopic (exact) mass is 303 g/mol. The van der Waals surface area contributed by atoms with Gasteiger partial charge in [-0.3, -0.25) is 4.79 Å². The Balaban J connectivity index is 1.64. The molecule has 1 saturated carbocycles. The van der Waals surface area contributed by atoms with Crippen molar-refractivity contribution in [1.29, 1.82) is 0 Å². The lowest BCUT2D eigenvalue weighted by Crippen LogP contribution is -2.48. The van der Waals surface area contributed by atoms with Gasteiger partial charge in [-0.05, 0) is 31.6 Å². The van der Waals surface area contributed by atoms with E-state index in [-0.39, 0.29) is 5.91 Å². The molecular formula is C16H25N5O. The molecular weight excluding hydrogens is 278 g/mol. The number of amides is 1. The van der Waals surface area contributed by atoms with Crippen LogP contribution in [0, 0.1) is 5.92 Å². The molecule has 0 atom stereocenters. The Kier molecular flexibility index (Phi) is 4.45. The van der Waals surface area contributed by atoms with E-state index < -0.39 is 0 Å². The number of carbonyl (C=O) groups excluding carboxylic acids is 1. The van der Waals surface area contributed by atoms with Crippen molar-refractivity contribution in [3.8, 4) is 0 Å².